The molecule has 1 fully saturated rings. The molecule has 0 radical (unpaired) electrons. The van der Waals surface area contributed by atoms with Gasteiger partial charge in [-0.15, -0.1) is 0 Å². The third-order valence-corrected chi connectivity index (χ3v) is 9.04. The zero-order valence-corrected chi connectivity index (χ0v) is 29.2. The fraction of sp³-hybridized carbons (Fsp3) is 0.366. The molecule has 1 heterocycles. The highest BCUT2D eigenvalue weighted by Gasteiger charge is 2.65. The molecule has 4 unspecified atom stereocenters. The van der Waals surface area contributed by atoms with Crippen molar-refractivity contribution in [2.75, 3.05) is 20.8 Å². The Labute approximate surface area is 303 Å². The van der Waals surface area contributed by atoms with E-state index < -0.39 is 72.5 Å². The number of phenolic OH excluding ortho intramolecular Hbond substituents is 1. The van der Waals surface area contributed by atoms with Crippen molar-refractivity contribution in [3.8, 4) is 17.2 Å². The Balaban J connectivity index is 1.75. The number of rotatable bonds is 16. The minimum Gasteiger partial charge on any atom is -0.502 e. The highest BCUT2D eigenvalue weighted by atomic mass is 16.6. The van der Waals surface area contributed by atoms with Gasteiger partial charge >= 0.3 is 0 Å². The molecule has 8 atom stereocenters. The van der Waals surface area contributed by atoms with Gasteiger partial charge in [0.1, 0.15) is 30.2 Å². The van der Waals surface area contributed by atoms with Gasteiger partial charge in [0.25, 0.3) is 0 Å². The van der Waals surface area contributed by atoms with Crippen LogP contribution >= 0.6 is 0 Å². The number of ether oxygens (including phenoxy) is 6. The Kier molecular flexibility index (Phi) is 10.9. The second-order valence-corrected chi connectivity index (χ2v) is 12.7. The summed E-state index contributed by atoms with van der Waals surface area (Å²) in [6.45, 7) is -0.617. The number of phenols is 1. The zero-order valence-electron chi connectivity index (χ0n) is 32.2. The average Bonchev–Trinajstić information content (AvgIpc) is 3.19. The molecule has 0 bridgehead atoms. The molecule has 1 aliphatic heterocycles. The van der Waals surface area contributed by atoms with E-state index in [-0.39, 0.29) is 23.7 Å². The summed E-state index contributed by atoms with van der Waals surface area (Å²) < 4.78 is 63.3. The maximum atomic E-state index is 15.0. The number of benzene rings is 4. The van der Waals surface area contributed by atoms with Gasteiger partial charge in [0.05, 0.1) is 50.1 Å². The van der Waals surface area contributed by atoms with Gasteiger partial charge in [-0.2, -0.15) is 0 Å². The number of hydrogen-bond acceptors (Lipinski definition) is 10. The second-order valence-electron chi connectivity index (χ2n) is 12.7. The van der Waals surface area contributed by atoms with Gasteiger partial charge in [-0.05, 0) is 49.6 Å². The summed E-state index contributed by atoms with van der Waals surface area (Å²) in [5, 5.41) is 24.4. The molecule has 1 saturated heterocycles. The Morgan fingerprint density at radius 1 is 0.804 bits per heavy atom. The largest absolute Gasteiger partial charge is 0.502 e. The van der Waals surface area contributed by atoms with Crippen molar-refractivity contribution < 1.29 is 52.3 Å². The lowest BCUT2D eigenvalue weighted by Gasteiger charge is -2.52. The van der Waals surface area contributed by atoms with Crippen LogP contribution in [0.2, 0.25) is 0 Å². The van der Waals surface area contributed by atoms with Crippen LogP contribution in [0.5, 0.6) is 17.2 Å². The summed E-state index contributed by atoms with van der Waals surface area (Å²) in [5.74, 6) is -2.27. The van der Waals surface area contributed by atoms with Gasteiger partial charge in [0.2, 0.25) is 5.75 Å². The summed E-state index contributed by atoms with van der Waals surface area (Å²) in [6.07, 6.45) is -6.42. The number of Topliss-reactive ketones (excluding diaryl/α,β-unsaturated/α-hetero) is 2. The van der Waals surface area contributed by atoms with E-state index in [9.17, 15) is 19.8 Å². The van der Waals surface area contributed by atoms with Crippen molar-refractivity contribution in [2.24, 2.45) is 5.41 Å². The van der Waals surface area contributed by atoms with Crippen LogP contribution < -0.4 is 9.47 Å². The first kappa shape index (κ1) is 33.6. The maximum Gasteiger partial charge on any atom is 0.201 e. The Morgan fingerprint density at radius 2 is 1.33 bits per heavy atom. The van der Waals surface area contributed by atoms with Crippen molar-refractivity contribution in [1.82, 2.24) is 0 Å². The van der Waals surface area contributed by atoms with E-state index in [0.29, 0.717) is 16.7 Å². The molecule has 0 spiro atoms. The smallest absolute Gasteiger partial charge is 0.201 e. The van der Waals surface area contributed by atoms with E-state index >= 15 is 0 Å². The van der Waals surface area contributed by atoms with Crippen LogP contribution in [0.1, 0.15) is 53.2 Å². The van der Waals surface area contributed by atoms with Crippen molar-refractivity contribution >= 4 is 11.6 Å². The monoisotopic (exact) mass is 701 g/mol. The molecule has 0 aliphatic carbocycles. The minimum atomic E-state index is -2.85. The lowest BCUT2D eigenvalue weighted by molar-refractivity contribution is -0.295. The molecule has 51 heavy (non-hydrogen) atoms. The predicted molar refractivity (Wildman–Crippen MR) is 189 cm³/mol. The lowest BCUT2D eigenvalue weighted by Crippen LogP contribution is -2.70. The first-order chi connectivity index (χ1) is 25.7. The van der Waals surface area contributed by atoms with Crippen LogP contribution in [0, 0.1) is 5.41 Å². The van der Waals surface area contributed by atoms with E-state index in [1.165, 1.54) is 47.1 Å². The quantitative estimate of drug-likeness (QED) is 0.131. The molecular formula is C41H46O10. The average molecular weight is 702 g/mol. The normalized spacial score (nSPS) is 24.6. The number of ketones is 2. The van der Waals surface area contributed by atoms with Crippen LogP contribution in [0.25, 0.3) is 0 Å². The fourth-order valence-corrected chi connectivity index (χ4v) is 5.94. The lowest BCUT2D eigenvalue weighted by atomic mass is 9.67. The topological polar surface area (TPSA) is 130 Å². The van der Waals surface area contributed by atoms with Crippen LogP contribution in [-0.4, -0.2) is 66.5 Å². The van der Waals surface area contributed by atoms with Gasteiger partial charge in [-0.3, -0.25) is 9.59 Å². The summed E-state index contributed by atoms with van der Waals surface area (Å²) in [6, 6.07) is 28.6. The first-order valence-corrected chi connectivity index (χ1v) is 16.5. The Morgan fingerprint density at radius 3 is 1.84 bits per heavy atom. The number of carbonyl (C=O) groups is 2. The number of aliphatic hydroxyl groups is 1. The molecule has 5 rings (SSSR count). The van der Waals surface area contributed by atoms with E-state index in [0.717, 1.165) is 0 Å². The summed E-state index contributed by atoms with van der Waals surface area (Å²) in [5.41, 5.74) is -3.41. The van der Waals surface area contributed by atoms with Crippen molar-refractivity contribution in [1.29, 1.82) is 0 Å². The highest BCUT2D eigenvalue weighted by molar-refractivity contribution is 6.09. The van der Waals surface area contributed by atoms with Gasteiger partial charge in [-0.1, -0.05) is 91.0 Å². The molecule has 270 valence electrons. The molecule has 0 aromatic heterocycles. The predicted octanol–water partition coefficient (Wildman–Crippen LogP) is 6.15. The number of hydrogen-bond donors (Lipinski definition) is 2. The van der Waals surface area contributed by atoms with Gasteiger partial charge in [-0.25, -0.2) is 0 Å². The van der Waals surface area contributed by atoms with Crippen molar-refractivity contribution in [3.63, 3.8) is 0 Å². The van der Waals surface area contributed by atoms with Gasteiger partial charge in [0, 0.05) is 5.56 Å². The van der Waals surface area contributed by atoms with E-state index in [4.69, 9.17) is 32.5 Å². The number of aromatic hydroxyl groups is 1. The third kappa shape index (κ3) is 8.16. The van der Waals surface area contributed by atoms with Crippen molar-refractivity contribution in [3.05, 3.63) is 125 Å². The Bertz CT molecular complexity index is 1860. The molecule has 4 aromatic carbocycles. The molecule has 10 nitrogen and oxygen atoms in total. The number of methoxy groups -OCH3 is 2. The SMILES string of the molecule is [2H]C(OC[C@H]1OC(c2ccc(OC)c(O)c2OC)[C@@](O)(C(=O)C(C)(C)C(C)=O)[C@@H](OC([2H])c2ccccc2)[C@@H]1OC([2H])c1ccccc1)c1ccccc1. The molecule has 10 heteroatoms. The molecular weight excluding hydrogens is 652 g/mol. The maximum absolute atomic E-state index is 15.0. The fourth-order valence-electron chi connectivity index (χ4n) is 5.94. The zero-order chi connectivity index (χ0) is 39.2. The van der Waals surface area contributed by atoms with Crippen LogP contribution in [0.15, 0.2) is 103 Å². The van der Waals surface area contributed by atoms with Gasteiger partial charge in [0.15, 0.2) is 22.9 Å². The van der Waals surface area contributed by atoms with E-state index in [1.807, 2.05) is 0 Å². The van der Waals surface area contributed by atoms with Crippen LogP contribution in [0.3, 0.4) is 0 Å². The van der Waals surface area contributed by atoms with Gasteiger partial charge < -0.3 is 38.6 Å². The minimum absolute atomic E-state index is 0.0225. The molecule has 0 amide bonds. The molecule has 0 saturated carbocycles. The van der Waals surface area contributed by atoms with Crippen molar-refractivity contribution in [2.45, 2.75) is 70.5 Å². The summed E-state index contributed by atoms with van der Waals surface area (Å²) >= 11 is 0. The number of carbonyl (C=O) groups excluding carboxylic acids is 2. The molecule has 4 aromatic rings. The highest BCUT2D eigenvalue weighted by Crippen LogP contribution is 2.51. The molecule has 2 N–H and O–H groups in total. The Hall–Kier alpha value is -4.58. The summed E-state index contributed by atoms with van der Waals surface area (Å²) in [7, 11) is 2.61. The summed E-state index contributed by atoms with van der Waals surface area (Å²) in [4.78, 5) is 28.1. The first-order valence-electron chi connectivity index (χ1n) is 18.2. The molecule has 1 aliphatic rings. The van der Waals surface area contributed by atoms with Crippen LogP contribution in [-0.2, 0) is 48.3 Å². The van der Waals surface area contributed by atoms with E-state index in [2.05, 4.69) is 0 Å². The van der Waals surface area contributed by atoms with Crippen LogP contribution in [0.4, 0.5) is 0 Å². The standard InChI is InChI=1S/C41H46O10/c1-27(42)40(2,3)39(44)41(45)37(31-21-22-32(46-4)34(43)35(31)47-5)51-33(26-48-23-28-15-9-6-10-16-28)36(49-24-29-17-11-7-12-18-29)38(41)50-25-30-19-13-8-14-20-30/h6-22,33,36-38,43,45H,23-26H2,1-5H3/t33-,36-,37?,38+,41+/m1/s1/i23D,24D,25D/t23?,24?,25?,33-,36-,37?,38+,41+. The third-order valence-electron chi connectivity index (χ3n) is 9.04. The van der Waals surface area contributed by atoms with E-state index in [1.54, 1.807) is 91.0 Å². The second kappa shape index (κ2) is 16.6.